The van der Waals surface area contributed by atoms with Crippen LogP contribution in [0.2, 0.25) is 15.1 Å². The molecule has 0 fully saturated rings. The van der Waals surface area contributed by atoms with E-state index in [2.05, 4.69) is 5.32 Å². The average molecular weight is 563 g/mol. The standard InChI is InChI=1S/C24H30Cl3N3O4S/c1-15(2)12-28-24(32)17(4)29(13-18-6-8-20(26)21(27)11-18)23(31)14-30(35(5,33)34)22-9-7-19(25)10-16(22)3/h6-11,15,17H,12-14H2,1-5H3,(H,28,32)/t17-/m0/s1. The lowest BCUT2D eigenvalue weighted by atomic mass is 10.1. The van der Waals surface area contributed by atoms with E-state index < -0.39 is 28.5 Å². The van der Waals surface area contributed by atoms with E-state index in [0.717, 1.165) is 10.6 Å². The van der Waals surface area contributed by atoms with E-state index in [0.29, 0.717) is 38.4 Å². The molecule has 7 nitrogen and oxygen atoms in total. The van der Waals surface area contributed by atoms with Gasteiger partial charge in [0.25, 0.3) is 0 Å². The number of hydrogen-bond acceptors (Lipinski definition) is 4. The van der Waals surface area contributed by atoms with E-state index in [4.69, 9.17) is 34.8 Å². The van der Waals surface area contributed by atoms with Gasteiger partial charge in [0.2, 0.25) is 21.8 Å². The fourth-order valence-electron chi connectivity index (χ4n) is 3.36. The van der Waals surface area contributed by atoms with Gasteiger partial charge >= 0.3 is 0 Å². The highest BCUT2D eigenvalue weighted by molar-refractivity contribution is 7.92. The number of anilines is 1. The molecular weight excluding hydrogens is 533 g/mol. The van der Waals surface area contributed by atoms with Crippen LogP contribution in [0.25, 0.3) is 0 Å². The Hall–Kier alpha value is -2.00. The van der Waals surface area contributed by atoms with Crippen LogP contribution in [0, 0.1) is 12.8 Å². The number of halogens is 3. The molecule has 0 saturated heterocycles. The quantitative estimate of drug-likeness (QED) is 0.446. The van der Waals surface area contributed by atoms with E-state index in [-0.39, 0.29) is 18.4 Å². The first kappa shape index (κ1) is 29.2. The molecule has 1 N–H and O–H groups in total. The summed E-state index contributed by atoms with van der Waals surface area (Å²) in [5, 5.41) is 3.94. The normalized spacial score (nSPS) is 12.4. The number of aryl methyl sites for hydroxylation is 1. The average Bonchev–Trinajstić information content (AvgIpc) is 2.75. The molecule has 0 bridgehead atoms. The Morgan fingerprint density at radius 1 is 1.00 bits per heavy atom. The van der Waals surface area contributed by atoms with Crippen molar-refractivity contribution >= 4 is 62.3 Å². The lowest BCUT2D eigenvalue weighted by molar-refractivity contribution is -0.139. The Morgan fingerprint density at radius 2 is 1.66 bits per heavy atom. The Morgan fingerprint density at radius 3 is 2.20 bits per heavy atom. The molecule has 0 aliphatic carbocycles. The zero-order valence-corrected chi connectivity index (χ0v) is 23.4. The van der Waals surface area contributed by atoms with E-state index in [1.165, 1.54) is 4.90 Å². The molecule has 0 heterocycles. The minimum Gasteiger partial charge on any atom is -0.354 e. The van der Waals surface area contributed by atoms with Gasteiger partial charge in [-0.1, -0.05) is 54.7 Å². The third-order valence-corrected chi connectivity index (χ3v) is 7.40. The lowest BCUT2D eigenvalue weighted by Gasteiger charge is -2.32. The van der Waals surface area contributed by atoms with E-state index in [1.54, 1.807) is 50.2 Å². The molecule has 0 saturated carbocycles. The van der Waals surface area contributed by atoms with E-state index in [1.807, 2.05) is 13.8 Å². The highest BCUT2D eigenvalue weighted by Gasteiger charge is 2.30. The van der Waals surface area contributed by atoms with Crippen molar-refractivity contribution in [1.29, 1.82) is 0 Å². The summed E-state index contributed by atoms with van der Waals surface area (Å²) < 4.78 is 26.3. The lowest BCUT2D eigenvalue weighted by Crippen LogP contribution is -2.51. The number of carbonyl (C=O) groups excluding carboxylic acids is 2. The SMILES string of the molecule is Cc1cc(Cl)ccc1N(CC(=O)N(Cc1ccc(Cl)c(Cl)c1)[C@@H](C)C(=O)NCC(C)C)S(C)(=O)=O. The second kappa shape index (κ2) is 12.3. The first-order valence-electron chi connectivity index (χ1n) is 11.0. The van der Waals surface area contributed by atoms with E-state index >= 15 is 0 Å². The van der Waals surface area contributed by atoms with Crippen molar-refractivity contribution in [2.75, 3.05) is 23.7 Å². The Bertz CT molecular complexity index is 1190. The van der Waals surface area contributed by atoms with Crippen LogP contribution in [0.3, 0.4) is 0 Å². The minimum absolute atomic E-state index is 0.0309. The Labute approximate surface area is 222 Å². The number of benzene rings is 2. The molecule has 0 spiro atoms. The molecule has 2 aromatic rings. The van der Waals surface area contributed by atoms with Gasteiger partial charge in [0.05, 0.1) is 22.0 Å². The van der Waals surface area contributed by atoms with Gasteiger partial charge in [-0.3, -0.25) is 13.9 Å². The molecule has 1 atom stereocenters. The first-order chi connectivity index (χ1) is 16.2. The predicted octanol–water partition coefficient (Wildman–Crippen LogP) is 4.91. The van der Waals surface area contributed by atoms with Crippen molar-refractivity contribution in [2.45, 2.75) is 40.3 Å². The van der Waals surface area contributed by atoms with Crippen LogP contribution < -0.4 is 9.62 Å². The van der Waals surface area contributed by atoms with E-state index in [9.17, 15) is 18.0 Å². The van der Waals surface area contributed by atoms with Crippen LogP contribution in [-0.4, -0.2) is 50.5 Å². The first-order valence-corrected chi connectivity index (χ1v) is 13.9. The van der Waals surface area contributed by atoms with Crippen LogP contribution in [0.15, 0.2) is 36.4 Å². The van der Waals surface area contributed by atoms with Crippen LogP contribution in [-0.2, 0) is 26.2 Å². The predicted molar refractivity (Wildman–Crippen MR) is 143 cm³/mol. The Kier molecular flexibility index (Phi) is 10.3. The molecule has 0 unspecified atom stereocenters. The molecule has 2 rings (SSSR count). The van der Waals surface area contributed by atoms with Gasteiger partial charge in [0.15, 0.2) is 0 Å². The highest BCUT2D eigenvalue weighted by atomic mass is 35.5. The number of amides is 2. The molecule has 0 aliphatic heterocycles. The maximum absolute atomic E-state index is 13.5. The number of nitrogens with zero attached hydrogens (tertiary/aromatic N) is 2. The largest absolute Gasteiger partial charge is 0.354 e. The summed E-state index contributed by atoms with van der Waals surface area (Å²) in [4.78, 5) is 27.7. The number of carbonyl (C=O) groups is 2. The summed E-state index contributed by atoms with van der Waals surface area (Å²) in [6, 6.07) is 8.77. The van der Waals surface area contributed by atoms with Crippen LogP contribution in [0.4, 0.5) is 5.69 Å². The third-order valence-electron chi connectivity index (χ3n) is 5.30. The monoisotopic (exact) mass is 561 g/mol. The van der Waals surface area contributed by atoms with Gasteiger partial charge in [0, 0.05) is 18.1 Å². The van der Waals surface area contributed by atoms with Gasteiger partial charge in [-0.2, -0.15) is 0 Å². The summed E-state index contributed by atoms with van der Waals surface area (Å²) in [5.74, 6) is -0.678. The molecule has 192 valence electrons. The smallest absolute Gasteiger partial charge is 0.244 e. The third kappa shape index (κ3) is 8.27. The zero-order valence-electron chi connectivity index (χ0n) is 20.3. The zero-order chi connectivity index (χ0) is 26.5. The maximum atomic E-state index is 13.5. The molecule has 0 aliphatic rings. The fraction of sp³-hybridized carbons (Fsp3) is 0.417. The topological polar surface area (TPSA) is 86.8 Å². The van der Waals surface area contributed by atoms with Gasteiger partial charge in [-0.15, -0.1) is 0 Å². The second-order valence-electron chi connectivity index (χ2n) is 8.79. The summed E-state index contributed by atoms with van der Waals surface area (Å²) in [7, 11) is -3.83. The number of rotatable bonds is 10. The van der Waals surface area contributed by atoms with Crippen LogP contribution in [0.5, 0.6) is 0 Å². The molecule has 11 heteroatoms. The van der Waals surface area contributed by atoms with Crippen molar-refractivity contribution < 1.29 is 18.0 Å². The Balaban J connectivity index is 2.42. The van der Waals surface area contributed by atoms with Gasteiger partial charge < -0.3 is 10.2 Å². The molecular formula is C24H30Cl3N3O4S. The second-order valence-corrected chi connectivity index (χ2v) is 11.9. The van der Waals surface area contributed by atoms with Crippen molar-refractivity contribution in [3.63, 3.8) is 0 Å². The summed E-state index contributed by atoms with van der Waals surface area (Å²) in [6.45, 7) is 7.21. The number of nitrogens with one attached hydrogen (secondary N) is 1. The van der Waals surface area contributed by atoms with Gasteiger partial charge in [-0.05, 0) is 61.2 Å². The summed E-state index contributed by atoms with van der Waals surface area (Å²) in [5.41, 5.74) is 1.57. The molecule has 2 amide bonds. The van der Waals surface area contributed by atoms with Crippen molar-refractivity contribution in [3.8, 4) is 0 Å². The fourth-order valence-corrected chi connectivity index (χ4v) is 4.82. The summed E-state index contributed by atoms with van der Waals surface area (Å²) >= 11 is 18.2. The summed E-state index contributed by atoms with van der Waals surface area (Å²) in [6.07, 6.45) is 1.02. The highest BCUT2D eigenvalue weighted by Crippen LogP contribution is 2.27. The number of hydrogen-bond donors (Lipinski definition) is 1. The minimum atomic E-state index is -3.83. The molecule has 0 aromatic heterocycles. The van der Waals surface area contributed by atoms with Crippen molar-refractivity contribution in [3.05, 3.63) is 62.6 Å². The number of sulfonamides is 1. The molecule has 2 aromatic carbocycles. The van der Waals surface area contributed by atoms with Crippen molar-refractivity contribution in [1.82, 2.24) is 10.2 Å². The van der Waals surface area contributed by atoms with Gasteiger partial charge in [0.1, 0.15) is 12.6 Å². The van der Waals surface area contributed by atoms with Crippen LogP contribution >= 0.6 is 34.8 Å². The molecule has 35 heavy (non-hydrogen) atoms. The van der Waals surface area contributed by atoms with Crippen molar-refractivity contribution in [2.24, 2.45) is 5.92 Å². The van der Waals surface area contributed by atoms with Gasteiger partial charge in [-0.25, -0.2) is 8.42 Å². The maximum Gasteiger partial charge on any atom is 0.244 e. The van der Waals surface area contributed by atoms with Crippen LogP contribution in [0.1, 0.15) is 31.9 Å². The molecule has 0 radical (unpaired) electrons.